The van der Waals surface area contributed by atoms with Crippen molar-refractivity contribution in [3.63, 3.8) is 0 Å². The number of amides is 1. The second-order valence-corrected chi connectivity index (χ2v) is 9.64. The van der Waals surface area contributed by atoms with Crippen molar-refractivity contribution in [2.24, 2.45) is 0 Å². The lowest BCUT2D eigenvalue weighted by Crippen LogP contribution is -2.11. The SMILES string of the molecule is CS(=O)(=O)c1ccc(C(=O)Nc2nn(Cc3ccccc3F)cc2Br)s1. The van der Waals surface area contributed by atoms with E-state index in [1.165, 1.54) is 22.9 Å². The highest BCUT2D eigenvalue weighted by Gasteiger charge is 2.17. The normalized spacial score (nSPS) is 11.5. The second-order valence-electron chi connectivity index (χ2n) is 5.46. The van der Waals surface area contributed by atoms with Gasteiger partial charge < -0.3 is 5.32 Å². The van der Waals surface area contributed by atoms with Crippen molar-refractivity contribution in [2.45, 2.75) is 10.8 Å². The molecule has 0 bridgehead atoms. The number of carbonyl (C=O) groups excluding carboxylic acids is 1. The van der Waals surface area contributed by atoms with Gasteiger partial charge in [-0.1, -0.05) is 18.2 Å². The van der Waals surface area contributed by atoms with Crippen molar-refractivity contribution < 1.29 is 17.6 Å². The van der Waals surface area contributed by atoms with Crippen LogP contribution in [0.1, 0.15) is 15.2 Å². The molecule has 1 aromatic carbocycles. The number of anilines is 1. The van der Waals surface area contributed by atoms with Gasteiger partial charge in [0, 0.05) is 18.0 Å². The van der Waals surface area contributed by atoms with Gasteiger partial charge in [-0.3, -0.25) is 9.48 Å². The van der Waals surface area contributed by atoms with Crippen LogP contribution < -0.4 is 5.32 Å². The van der Waals surface area contributed by atoms with E-state index in [-0.39, 0.29) is 27.3 Å². The molecule has 2 aromatic heterocycles. The summed E-state index contributed by atoms with van der Waals surface area (Å²) >= 11 is 4.19. The van der Waals surface area contributed by atoms with Crippen LogP contribution in [-0.2, 0) is 16.4 Å². The summed E-state index contributed by atoms with van der Waals surface area (Å²) in [6, 6.07) is 9.20. The van der Waals surface area contributed by atoms with Crippen LogP contribution in [0.2, 0.25) is 0 Å². The molecule has 1 amide bonds. The second kappa shape index (κ2) is 7.29. The van der Waals surface area contributed by atoms with Crippen LogP contribution in [0.15, 0.2) is 51.3 Å². The molecule has 0 aliphatic rings. The van der Waals surface area contributed by atoms with E-state index in [0.29, 0.717) is 10.0 Å². The van der Waals surface area contributed by atoms with Crippen LogP contribution in [0.3, 0.4) is 0 Å². The van der Waals surface area contributed by atoms with Crippen LogP contribution in [0.4, 0.5) is 10.2 Å². The Kier molecular flexibility index (Phi) is 5.26. The van der Waals surface area contributed by atoms with Gasteiger partial charge in [0.15, 0.2) is 15.7 Å². The Bertz CT molecular complexity index is 1080. The van der Waals surface area contributed by atoms with Crippen molar-refractivity contribution in [2.75, 3.05) is 11.6 Å². The molecular weight excluding hydrogens is 445 g/mol. The number of carbonyl (C=O) groups is 1. The highest BCUT2D eigenvalue weighted by Crippen LogP contribution is 2.25. The zero-order chi connectivity index (χ0) is 18.9. The molecule has 0 unspecified atom stereocenters. The van der Waals surface area contributed by atoms with Gasteiger partial charge in [0.1, 0.15) is 10.0 Å². The maximum atomic E-state index is 13.7. The Morgan fingerprint density at radius 2 is 2.04 bits per heavy atom. The predicted octanol–water partition coefficient (Wildman–Crippen LogP) is 3.55. The Morgan fingerprint density at radius 3 is 2.69 bits per heavy atom. The van der Waals surface area contributed by atoms with Gasteiger partial charge in [0.2, 0.25) is 0 Å². The van der Waals surface area contributed by atoms with Crippen LogP contribution in [0, 0.1) is 5.82 Å². The third-order valence-corrected chi connectivity index (χ3v) is 6.89. The van der Waals surface area contributed by atoms with Crippen LogP contribution >= 0.6 is 27.3 Å². The van der Waals surface area contributed by atoms with Gasteiger partial charge in [-0.05, 0) is 34.1 Å². The molecule has 0 fully saturated rings. The van der Waals surface area contributed by atoms with Crippen molar-refractivity contribution in [3.8, 4) is 0 Å². The number of halogens is 2. The molecule has 0 spiro atoms. The topological polar surface area (TPSA) is 81.1 Å². The van der Waals surface area contributed by atoms with Crippen molar-refractivity contribution in [1.82, 2.24) is 9.78 Å². The van der Waals surface area contributed by atoms with Gasteiger partial charge in [-0.15, -0.1) is 11.3 Å². The first-order valence-electron chi connectivity index (χ1n) is 7.31. The third-order valence-electron chi connectivity index (χ3n) is 3.41. The Morgan fingerprint density at radius 1 is 1.31 bits per heavy atom. The standard InChI is InChI=1S/C16H13BrFN3O3S2/c1-26(23,24)14-7-6-13(25-14)16(22)19-15-11(17)9-21(20-15)8-10-4-2-3-5-12(10)18/h2-7,9H,8H2,1H3,(H,19,20,22). The first-order chi connectivity index (χ1) is 12.2. The van der Waals surface area contributed by atoms with E-state index in [1.54, 1.807) is 24.4 Å². The minimum atomic E-state index is -3.36. The monoisotopic (exact) mass is 457 g/mol. The fourth-order valence-corrected chi connectivity index (χ4v) is 4.41. The van der Waals surface area contributed by atoms with Crippen molar-refractivity contribution in [1.29, 1.82) is 0 Å². The summed E-state index contributed by atoms with van der Waals surface area (Å²) in [4.78, 5) is 12.6. The van der Waals surface area contributed by atoms with Gasteiger partial charge in [0.25, 0.3) is 5.91 Å². The molecule has 0 aliphatic carbocycles. The molecule has 3 aromatic rings. The van der Waals surface area contributed by atoms with Gasteiger partial charge in [-0.25, -0.2) is 12.8 Å². The molecule has 0 saturated heterocycles. The first kappa shape index (κ1) is 18.7. The predicted molar refractivity (Wildman–Crippen MR) is 101 cm³/mol. The minimum absolute atomic E-state index is 0.117. The molecule has 26 heavy (non-hydrogen) atoms. The number of nitrogens with one attached hydrogen (secondary N) is 1. The molecule has 136 valence electrons. The molecule has 1 N–H and O–H groups in total. The summed E-state index contributed by atoms with van der Waals surface area (Å²) < 4.78 is 38.9. The third kappa shape index (κ3) is 4.19. The van der Waals surface area contributed by atoms with E-state index in [2.05, 4.69) is 26.3 Å². The van der Waals surface area contributed by atoms with Crippen molar-refractivity contribution in [3.05, 3.63) is 63.3 Å². The van der Waals surface area contributed by atoms with Crippen LogP contribution in [-0.4, -0.2) is 30.4 Å². The van der Waals surface area contributed by atoms with Crippen molar-refractivity contribution >= 4 is 48.8 Å². The van der Waals surface area contributed by atoms with E-state index < -0.39 is 15.7 Å². The van der Waals surface area contributed by atoms with E-state index in [0.717, 1.165) is 17.6 Å². The summed E-state index contributed by atoms with van der Waals surface area (Å²) in [5.41, 5.74) is 0.469. The van der Waals surface area contributed by atoms with Crippen LogP contribution in [0.5, 0.6) is 0 Å². The lowest BCUT2D eigenvalue weighted by Gasteiger charge is -2.03. The fourth-order valence-electron chi connectivity index (χ4n) is 2.17. The fraction of sp³-hybridized carbons (Fsp3) is 0.125. The number of hydrogen-bond acceptors (Lipinski definition) is 5. The number of hydrogen-bond donors (Lipinski definition) is 1. The number of thiophene rings is 1. The van der Waals surface area contributed by atoms with E-state index >= 15 is 0 Å². The Hall–Kier alpha value is -2.04. The highest BCUT2D eigenvalue weighted by molar-refractivity contribution is 9.10. The lowest BCUT2D eigenvalue weighted by atomic mass is 10.2. The molecule has 2 heterocycles. The van der Waals surface area contributed by atoms with Gasteiger partial charge in [-0.2, -0.15) is 5.10 Å². The lowest BCUT2D eigenvalue weighted by molar-refractivity contribution is 0.103. The first-order valence-corrected chi connectivity index (χ1v) is 10.8. The molecule has 0 radical (unpaired) electrons. The largest absolute Gasteiger partial charge is 0.303 e. The maximum Gasteiger partial charge on any atom is 0.267 e. The highest BCUT2D eigenvalue weighted by atomic mass is 79.9. The van der Waals surface area contributed by atoms with E-state index in [9.17, 15) is 17.6 Å². The molecule has 3 rings (SSSR count). The number of benzene rings is 1. The summed E-state index contributed by atoms with van der Waals surface area (Å²) in [5.74, 6) is -0.543. The summed E-state index contributed by atoms with van der Waals surface area (Å²) in [6.07, 6.45) is 2.71. The van der Waals surface area contributed by atoms with Gasteiger partial charge >= 0.3 is 0 Å². The zero-order valence-corrected chi connectivity index (χ0v) is 16.7. The molecule has 6 nitrogen and oxygen atoms in total. The zero-order valence-electron chi connectivity index (χ0n) is 13.4. The number of rotatable bonds is 5. The van der Waals surface area contributed by atoms with E-state index in [1.807, 2.05) is 0 Å². The number of nitrogens with zero attached hydrogens (tertiary/aromatic N) is 2. The molecule has 0 atom stereocenters. The Balaban J connectivity index is 1.76. The quantitative estimate of drug-likeness (QED) is 0.634. The Labute approximate surface area is 161 Å². The summed E-state index contributed by atoms with van der Waals surface area (Å²) in [6.45, 7) is 0.207. The minimum Gasteiger partial charge on any atom is -0.303 e. The van der Waals surface area contributed by atoms with E-state index in [4.69, 9.17) is 0 Å². The number of sulfone groups is 1. The molecule has 10 heteroatoms. The maximum absolute atomic E-state index is 13.7. The molecule has 0 saturated carbocycles. The average molecular weight is 458 g/mol. The molecular formula is C16H13BrFN3O3S2. The van der Waals surface area contributed by atoms with Crippen LogP contribution in [0.25, 0.3) is 0 Å². The number of aromatic nitrogens is 2. The smallest absolute Gasteiger partial charge is 0.267 e. The summed E-state index contributed by atoms with van der Waals surface area (Å²) in [5, 5.41) is 6.84. The summed E-state index contributed by atoms with van der Waals surface area (Å²) in [7, 11) is -3.36. The average Bonchev–Trinajstić information content (AvgIpc) is 3.17. The van der Waals surface area contributed by atoms with Gasteiger partial charge in [0.05, 0.1) is 15.9 Å². The molecule has 0 aliphatic heterocycles.